The Morgan fingerprint density at radius 3 is 2.06 bits per heavy atom. The van der Waals surface area contributed by atoms with Crippen molar-refractivity contribution in [2.45, 2.75) is 75.8 Å². The van der Waals surface area contributed by atoms with Crippen LogP contribution in [-0.4, -0.2) is 29.6 Å². The van der Waals surface area contributed by atoms with E-state index in [2.05, 4.69) is 4.90 Å². The molecule has 3 rings (SSSR count). The summed E-state index contributed by atoms with van der Waals surface area (Å²) in [6, 6.07) is 0.464. The first-order valence-corrected chi connectivity index (χ1v) is 7.84. The lowest BCUT2D eigenvalue weighted by Crippen LogP contribution is -2.60. The second kappa shape index (κ2) is 4.89. The van der Waals surface area contributed by atoms with Crippen LogP contribution in [-0.2, 0) is 0 Å². The third-order valence-electron chi connectivity index (χ3n) is 5.73. The van der Waals surface area contributed by atoms with Gasteiger partial charge in [-0.2, -0.15) is 0 Å². The molecule has 0 amide bonds. The van der Waals surface area contributed by atoms with Gasteiger partial charge in [-0.05, 0) is 57.5 Å². The lowest BCUT2D eigenvalue weighted by atomic mass is 9.78. The number of rotatable bonds is 3. The van der Waals surface area contributed by atoms with Gasteiger partial charge in [0, 0.05) is 11.6 Å². The van der Waals surface area contributed by atoms with Gasteiger partial charge < -0.3 is 5.73 Å². The zero-order chi connectivity index (χ0) is 11.7. The van der Waals surface area contributed by atoms with Crippen molar-refractivity contribution in [1.82, 2.24) is 4.90 Å². The number of hydrogen-bond acceptors (Lipinski definition) is 2. The second-order valence-corrected chi connectivity index (χ2v) is 6.58. The molecule has 3 fully saturated rings. The lowest BCUT2D eigenvalue weighted by molar-refractivity contribution is 0.0690. The quantitative estimate of drug-likeness (QED) is 0.816. The molecule has 2 N–H and O–H groups in total. The van der Waals surface area contributed by atoms with Gasteiger partial charge in [-0.15, -0.1) is 0 Å². The van der Waals surface area contributed by atoms with Gasteiger partial charge in [0.05, 0.1) is 0 Å². The van der Waals surface area contributed by atoms with E-state index in [0.29, 0.717) is 11.6 Å². The molecule has 0 aromatic heterocycles. The Kier molecular flexibility index (Phi) is 3.45. The summed E-state index contributed by atoms with van der Waals surface area (Å²) in [4.78, 5) is 2.78. The first-order chi connectivity index (χ1) is 8.33. The Balaban J connectivity index is 1.77. The predicted molar refractivity (Wildman–Crippen MR) is 71.9 cm³/mol. The van der Waals surface area contributed by atoms with Gasteiger partial charge in [0.25, 0.3) is 0 Å². The zero-order valence-electron chi connectivity index (χ0n) is 11.2. The summed E-state index contributed by atoms with van der Waals surface area (Å²) < 4.78 is 0. The number of nitrogens with two attached hydrogens (primary N) is 1. The molecule has 2 heteroatoms. The fourth-order valence-electron chi connectivity index (χ4n) is 4.77. The van der Waals surface area contributed by atoms with Crippen molar-refractivity contribution in [1.29, 1.82) is 0 Å². The number of hydrogen-bond donors (Lipinski definition) is 1. The normalized spacial score (nSPS) is 32.3. The van der Waals surface area contributed by atoms with Crippen LogP contribution >= 0.6 is 0 Å². The van der Waals surface area contributed by atoms with Gasteiger partial charge in [0.15, 0.2) is 0 Å². The van der Waals surface area contributed by atoms with Gasteiger partial charge in [-0.1, -0.05) is 25.7 Å². The average Bonchev–Trinajstić information content (AvgIpc) is 3.10. The van der Waals surface area contributed by atoms with Crippen molar-refractivity contribution in [3.63, 3.8) is 0 Å². The molecule has 0 bridgehead atoms. The van der Waals surface area contributed by atoms with Crippen molar-refractivity contribution in [3.8, 4) is 0 Å². The molecule has 1 heterocycles. The SMILES string of the molecule is NC(C1CCCC1)C1(N2CCCC2)CCCC1. The van der Waals surface area contributed by atoms with E-state index in [-0.39, 0.29) is 0 Å². The van der Waals surface area contributed by atoms with Crippen LogP contribution in [0.4, 0.5) is 0 Å². The predicted octanol–water partition coefficient (Wildman–Crippen LogP) is 2.91. The van der Waals surface area contributed by atoms with Crippen LogP contribution < -0.4 is 5.73 Å². The van der Waals surface area contributed by atoms with Crippen LogP contribution in [0.5, 0.6) is 0 Å². The molecule has 1 unspecified atom stereocenters. The minimum absolute atomic E-state index is 0.408. The van der Waals surface area contributed by atoms with Crippen molar-refractivity contribution >= 4 is 0 Å². The molecule has 3 aliphatic rings. The highest BCUT2D eigenvalue weighted by Crippen LogP contribution is 2.44. The van der Waals surface area contributed by atoms with Crippen LogP contribution in [0.1, 0.15) is 64.2 Å². The van der Waals surface area contributed by atoms with E-state index in [4.69, 9.17) is 5.73 Å². The number of nitrogens with zero attached hydrogens (tertiary/aromatic N) is 1. The molecular weight excluding hydrogens is 208 g/mol. The summed E-state index contributed by atoms with van der Waals surface area (Å²) in [5, 5.41) is 0. The van der Waals surface area contributed by atoms with Crippen molar-refractivity contribution in [3.05, 3.63) is 0 Å². The molecule has 1 aliphatic heterocycles. The van der Waals surface area contributed by atoms with Crippen molar-refractivity contribution in [2.75, 3.05) is 13.1 Å². The van der Waals surface area contributed by atoms with Crippen LogP contribution in [0.15, 0.2) is 0 Å². The van der Waals surface area contributed by atoms with Crippen molar-refractivity contribution < 1.29 is 0 Å². The van der Waals surface area contributed by atoms with E-state index in [1.54, 1.807) is 0 Å². The fraction of sp³-hybridized carbons (Fsp3) is 1.00. The molecule has 0 aromatic carbocycles. The maximum Gasteiger partial charge on any atom is 0.0363 e. The van der Waals surface area contributed by atoms with Gasteiger partial charge in [0.1, 0.15) is 0 Å². The molecular formula is C15H28N2. The average molecular weight is 236 g/mol. The van der Waals surface area contributed by atoms with E-state index in [9.17, 15) is 0 Å². The van der Waals surface area contributed by atoms with Crippen LogP contribution in [0.3, 0.4) is 0 Å². The van der Waals surface area contributed by atoms with E-state index in [1.165, 1.54) is 77.3 Å². The van der Waals surface area contributed by atoms with Crippen LogP contribution in [0, 0.1) is 5.92 Å². The summed E-state index contributed by atoms with van der Waals surface area (Å²) in [7, 11) is 0. The molecule has 98 valence electrons. The second-order valence-electron chi connectivity index (χ2n) is 6.58. The van der Waals surface area contributed by atoms with Crippen molar-refractivity contribution in [2.24, 2.45) is 11.7 Å². The standard InChI is InChI=1S/C15H28N2/c16-14(13-7-1-2-8-13)15(9-3-4-10-15)17-11-5-6-12-17/h13-14H,1-12,16H2. The van der Waals surface area contributed by atoms with E-state index in [1.807, 2.05) is 0 Å². The molecule has 17 heavy (non-hydrogen) atoms. The Morgan fingerprint density at radius 1 is 0.882 bits per heavy atom. The summed E-state index contributed by atoms with van der Waals surface area (Å²) in [6.07, 6.45) is 14.0. The third-order valence-corrected chi connectivity index (χ3v) is 5.73. The molecule has 1 saturated heterocycles. The summed E-state index contributed by atoms with van der Waals surface area (Å²) in [5.41, 5.74) is 7.17. The van der Waals surface area contributed by atoms with Gasteiger partial charge in [0.2, 0.25) is 0 Å². The maximum atomic E-state index is 6.76. The van der Waals surface area contributed by atoms with Crippen LogP contribution in [0.25, 0.3) is 0 Å². The monoisotopic (exact) mass is 236 g/mol. The highest BCUT2D eigenvalue weighted by molar-refractivity contribution is 5.06. The van der Waals surface area contributed by atoms with Gasteiger partial charge in [-0.3, -0.25) is 4.90 Å². The molecule has 0 radical (unpaired) electrons. The number of likely N-dealkylation sites (tertiary alicyclic amines) is 1. The molecule has 2 saturated carbocycles. The molecule has 2 aliphatic carbocycles. The summed E-state index contributed by atoms with van der Waals surface area (Å²) in [5.74, 6) is 0.827. The molecule has 0 spiro atoms. The molecule has 1 atom stereocenters. The minimum atomic E-state index is 0.408. The van der Waals surface area contributed by atoms with E-state index < -0.39 is 0 Å². The smallest absolute Gasteiger partial charge is 0.0363 e. The highest BCUT2D eigenvalue weighted by atomic mass is 15.2. The lowest BCUT2D eigenvalue weighted by Gasteiger charge is -2.46. The molecule has 2 nitrogen and oxygen atoms in total. The Morgan fingerprint density at radius 2 is 1.47 bits per heavy atom. The Labute approximate surface area is 106 Å². The summed E-state index contributed by atoms with van der Waals surface area (Å²) >= 11 is 0. The first-order valence-electron chi connectivity index (χ1n) is 7.84. The Bertz CT molecular complexity index is 246. The van der Waals surface area contributed by atoms with E-state index in [0.717, 1.165) is 5.92 Å². The minimum Gasteiger partial charge on any atom is -0.326 e. The maximum absolute atomic E-state index is 6.76. The van der Waals surface area contributed by atoms with Gasteiger partial charge in [-0.25, -0.2) is 0 Å². The Hall–Kier alpha value is -0.0800. The molecule has 0 aromatic rings. The zero-order valence-corrected chi connectivity index (χ0v) is 11.2. The first kappa shape index (κ1) is 12.0. The van der Waals surface area contributed by atoms with Gasteiger partial charge >= 0.3 is 0 Å². The summed E-state index contributed by atoms with van der Waals surface area (Å²) in [6.45, 7) is 2.64. The largest absolute Gasteiger partial charge is 0.326 e. The fourth-order valence-corrected chi connectivity index (χ4v) is 4.77. The highest BCUT2D eigenvalue weighted by Gasteiger charge is 2.47. The topological polar surface area (TPSA) is 29.3 Å². The van der Waals surface area contributed by atoms with Crippen LogP contribution in [0.2, 0.25) is 0 Å². The third kappa shape index (κ3) is 2.04. The van der Waals surface area contributed by atoms with E-state index >= 15 is 0 Å².